The molecule has 1 saturated carbocycles. The molecule has 5 nitrogen and oxygen atoms in total. The molecule has 0 radical (unpaired) electrons. The molecular weight excluding hydrogens is 314 g/mol. The molecule has 5 heteroatoms. The average molecular weight is 335 g/mol. The van der Waals surface area contributed by atoms with E-state index in [1.165, 1.54) is 25.5 Å². The number of aryl methyl sites for hydroxylation is 1. The molecule has 2 aromatic heterocycles. The quantitative estimate of drug-likeness (QED) is 0.699. The minimum atomic E-state index is -0.365. The molecule has 1 N–H and O–H groups in total. The van der Waals surface area contributed by atoms with E-state index in [4.69, 9.17) is 4.74 Å². The van der Waals surface area contributed by atoms with Crippen LogP contribution in [0.15, 0.2) is 42.7 Å². The van der Waals surface area contributed by atoms with Crippen molar-refractivity contribution in [1.82, 2.24) is 9.55 Å². The molecule has 0 saturated heterocycles. The van der Waals surface area contributed by atoms with Gasteiger partial charge in [-0.3, -0.25) is 0 Å². The Balaban J connectivity index is 1.68. The topological polar surface area (TPSA) is 56.2 Å². The molecule has 128 valence electrons. The standard InChI is InChI=1S/C20H21N3O2/c1-3-23-9-8-14-10-16(6-7-18(14)23)22-19-17(20(24)25-2)11-15(12-21-19)13-4-5-13/h6-13H,3-5H2,1-2H3,(H,21,22). The minimum absolute atomic E-state index is 0.365. The molecule has 0 aliphatic heterocycles. The molecule has 0 spiro atoms. The molecule has 4 rings (SSSR count). The van der Waals surface area contributed by atoms with E-state index in [1.54, 1.807) is 0 Å². The Morgan fingerprint density at radius 1 is 1.32 bits per heavy atom. The van der Waals surface area contributed by atoms with E-state index in [1.807, 2.05) is 18.3 Å². The fraction of sp³-hybridized carbons (Fsp3) is 0.300. The lowest BCUT2D eigenvalue weighted by Gasteiger charge is -2.12. The summed E-state index contributed by atoms with van der Waals surface area (Å²) < 4.78 is 7.13. The normalized spacial score (nSPS) is 13.8. The number of carbonyl (C=O) groups is 1. The molecule has 1 fully saturated rings. The maximum atomic E-state index is 12.2. The lowest BCUT2D eigenvalue weighted by Crippen LogP contribution is -2.08. The number of methoxy groups -OCH3 is 1. The maximum Gasteiger partial charge on any atom is 0.341 e. The summed E-state index contributed by atoms with van der Waals surface area (Å²) in [5, 5.41) is 4.43. The molecule has 1 aliphatic rings. The van der Waals surface area contributed by atoms with Gasteiger partial charge >= 0.3 is 5.97 Å². The van der Waals surface area contributed by atoms with Gasteiger partial charge in [0.2, 0.25) is 0 Å². The number of esters is 1. The van der Waals surface area contributed by atoms with Gasteiger partial charge in [0.25, 0.3) is 0 Å². The van der Waals surface area contributed by atoms with Crippen LogP contribution >= 0.6 is 0 Å². The summed E-state index contributed by atoms with van der Waals surface area (Å²) in [6.45, 7) is 3.06. The van der Waals surface area contributed by atoms with Gasteiger partial charge < -0.3 is 14.6 Å². The number of fused-ring (bicyclic) bond motifs is 1. The lowest BCUT2D eigenvalue weighted by atomic mass is 10.1. The van der Waals surface area contributed by atoms with Crippen molar-refractivity contribution < 1.29 is 9.53 Å². The number of aromatic nitrogens is 2. The number of hydrogen-bond acceptors (Lipinski definition) is 4. The molecule has 0 atom stereocenters. The predicted octanol–water partition coefficient (Wildman–Crippen LogP) is 4.46. The highest BCUT2D eigenvalue weighted by Gasteiger charge is 2.26. The summed E-state index contributed by atoms with van der Waals surface area (Å²) in [6.07, 6.45) is 6.27. The number of anilines is 2. The Morgan fingerprint density at radius 3 is 2.88 bits per heavy atom. The van der Waals surface area contributed by atoms with E-state index < -0.39 is 0 Å². The molecule has 3 aromatic rings. The number of benzene rings is 1. The Kier molecular flexibility index (Phi) is 3.92. The zero-order valence-electron chi connectivity index (χ0n) is 14.5. The monoisotopic (exact) mass is 335 g/mol. The molecule has 1 aliphatic carbocycles. The summed E-state index contributed by atoms with van der Waals surface area (Å²) in [5.41, 5.74) is 3.69. The van der Waals surface area contributed by atoms with Crippen LogP contribution in [0.25, 0.3) is 10.9 Å². The zero-order chi connectivity index (χ0) is 17.4. The van der Waals surface area contributed by atoms with Crippen molar-refractivity contribution in [3.05, 3.63) is 53.9 Å². The number of ether oxygens (including phenoxy) is 1. The molecule has 2 heterocycles. The van der Waals surface area contributed by atoms with E-state index in [0.717, 1.165) is 23.2 Å². The second-order valence-corrected chi connectivity index (χ2v) is 6.43. The molecule has 25 heavy (non-hydrogen) atoms. The summed E-state index contributed by atoms with van der Waals surface area (Å²) in [4.78, 5) is 16.7. The van der Waals surface area contributed by atoms with Gasteiger partial charge in [-0.05, 0) is 61.6 Å². The highest BCUT2D eigenvalue weighted by atomic mass is 16.5. The van der Waals surface area contributed by atoms with Crippen molar-refractivity contribution in [2.75, 3.05) is 12.4 Å². The Hall–Kier alpha value is -2.82. The number of carbonyl (C=O) groups excluding carboxylic acids is 1. The summed E-state index contributed by atoms with van der Waals surface area (Å²) in [7, 11) is 1.40. The van der Waals surface area contributed by atoms with Crippen molar-refractivity contribution in [2.24, 2.45) is 0 Å². The van der Waals surface area contributed by atoms with Crippen molar-refractivity contribution in [3.63, 3.8) is 0 Å². The molecule has 0 bridgehead atoms. The van der Waals surface area contributed by atoms with Gasteiger partial charge in [0.1, 0.15) is 11.4 Å². The predicted molar refractivity (Wildman–Crippen MR) is 98.4 cm³/mol. The Bertz CT molecular complexity index is 941. The van der Waals surface area contributed by atoms with Gasteiger partial charge in [-0.2, -0.15) is 0 Å². The van der Waals surface area contributed by atoms with E-state index in [0.29, 0.717) is 17.3 Å². The van der Waals surface area contributed by atoms with Gasteiger partial charge in [-0.1, -0.05) is 0 Å². The fourth-order valence-electron chi connectivity index (χ4n) is 3.18. The van der Waals surface area contributed by atoms with Crippen LogP contribution in [0.3, 0.4) is 0 Å². The largest absolute Gasteiger partial charge is 0.465 e. The van der Waals surface area contributed by atoms with Crippen LogP contribution in [0.5, 0.6) is 0 Å². The number of pyridine rings is 1. The summed E-state index contributed by atoms with van der Waals surface area (Å²) in [6, 6.07) is 10.2. The van der Waals surface area contributed by atoms with Gasteiger partial charge in [-0.15, -0.1) is 0 Å². The van der Waals surface area contributed by atoms with Crippen molar-refractivity contribution >= 4 is 28.4 Å². The average Bonchev–Trinajstić information content (AvgIpc) is 3.41. The van der Waals surface area contributed by atoms with Gasteiger partial charge in [0.15, 0.2) is 0 Å². The molecule has 0 amide bonds. The zero-order valence-corrected chi connectivity index (χ0v) is 14.5. The molecular formula is C20H21N3O2. The second-order valence-electron chi connectivity index (χ2n) is 6.43. The van der Waals surface area contributed by atoms with E-state index in [9.17, 15) is 4.79 Å². The fourth-order valence-corrected chi connectivity index (χ4v) is 3.18. The first-order chi connectivity index (χ1) is 12.2. The van der Waals surface area contributed by atoms with Gasteiger partial charge in [0, 0.05) is 35.5 Å². The third-order valence-corrected chi connectivity index (χ3v) is 4.74. The summed E-state index contributed by atoms with van der Waals surface area (Å²) >= 11 is 0. The van der Waals surface area contributed by atoms with Gasteiger partial charge in [0.05, 0.1) is 7.11 Å². The third kappa shape index (κ3) is 2.97. The van der Waals surface area contributed by atoms with Crippen molar-refractivity contribution in [2.45, 2.75) is 32.2 Å². The van der Waals surface area contributed by atoms with Crippen LogP contribution in [0.2, 0.25) is 0 Å². The third-order valence-electron chi connectivity index (χ3n) is 4.74. The Labute approximate surface area is 146 Å². The maximum absolute atomic E-state index is 12.2. The first kappa shape index (κ1) is 15.7. The van der Waals surface area contributed by atoms with Crippen LogP contribution in [-0.4, -0.2) is 22.6 Å². The van der Waals surface area contributed by atoms with E-state index in [2.05, 4.69) is 46.2 Å². The van der Waals surface area contributed by atoms with Gasteiger partial charge in [-0.25, -0.2) is 9.78 Å². The lowest BCUT2D eigenvalue weighted by molar-refractivity contribution is 0.0601. The SMILES string of the molecule is CCn1ccc2cc(Nc3ncc(C4CC4)cc3C(=O)OC)ccc21. The first-order valence-corrected chi connectivity index (χ1v) is 8.63. The van der Waals surface area contributed by atoms with Crippen molar-refractivity contribution in [3.8, 4) is 0 Å². The highest BCUT2D eigenvalue weighted by Crippen LogP contribution is 2.40. The first-order valence-electron chi connectivity index (χ1n) is 8.63. The molecule has 1 aromatic carbocycles. The smallest absolute Gasteiger partial charge is 0.341 e. The second kappa shape index (κ2) is 6.24. The number of nitrogens with zero attached hydrogens (tertiary/aromatic N) is 2. The number of hydrogen-bond donors (Lipinski definition) is 1. The van der Waals surface area contributed by atoms with E-state index >= 15 is 0 Å². The highest BCUT2D eigenvalue weighted by molar-refractivity contribution is 5.96. The number of rotatable bonds is 5. The molecule has 0 unspecified atom stereocenters. The van der Waals surface area contributed by atoms with Crippen LogP contribution in [0.1, 0.15) is 41.6 Å². The van der Waals surface area contributed by atoms with E-state index in [-0.39, 0.29) is 5.97 Å². The minimum Gasteiger partial charge on any atom is -0.465 e. The van der Waals surface area contributed by atoms with Crippen LogP contribution < -0.4 is 5.32 Å². The van der Waals surface area contributed by atoms with Crippen molar-refractivity contribution in [1.29, 1.82) is 0 Å². The Morgan fingerprint density at radius 2 is 2.16 bits per heavy atom. The van der Waals surface area contributed by atoms with Crippen LogP contribution in [0, 0.1) is 0 Å². The number of nitrogens with one attached hydrogen (secondary N) is 1. The van der Waals surface area contributed by atoms with Crippen LogP contribution in [-0.2, 0) is 11.3 Å². The summed E-state index contributed by atoms with van der Waals surface area (Å²) in [5.74, 6) is 0.705. The van der Waals surface area contributed by atoms with Crippen LogP contribution in [0.4, 0.5) is 11.5 Å².